The Labute approximate surface area is 124 Å². The van der Waals surface area contributed by atoms with E-state index in [9.17, 15) is 9.18 Å². The standard InChI is InChI=1S/C14H15FN2OS2/c15-8-4-7(5-8)6-10-16-12(18)11-9-2-1-3-19-14(9)20-13(11)17-10/h7-8H,1-6H2,(H,16,17,18). The molecule has 1 saturated carbocycles. The fourth-order valence-corrected chi connectivity index (χ4v) is 5.59. The van der Waals surface area contributed by atoms with Crippen molar-refractivity contribution in [3.05, 3.63) is 21.7 Å². The van der Waals surface area contributed by atoms with Crippen LogP contribution in [0.2, 0.25) is 0 Å². The van der Waals surface area contributed by atoms with Crippen LogP contribution in [-0.4, -0.2) is 21.9 Å². The molecule has 6 heteroatoms. The van der Waals surface area contributed by atoms with Crippen molar-refractivity contribution < 1.29 is 4.39 Å². The highest BCUT2D eigenvalue weighted by atomic mass is 32.2. The Balaban J connectivity index is 1.73. The average Bonchev–Trinajstić information content (AvgIpc) is 2.75. The second-order valence-corrected chi connectivity index (χ2v) is 8.01. The van der Waals surface area contributed by atoms with Gasteiger partial charge in [-0.2, -0.15) is 0 Å². The minimum atomic E-state index is -0.652. The van der Waals surface area contributed by atoms with Crippen molar-refractivity contribution >= 4 is 33.3 Å². The molecule has 0 spiro atoms. The fraction of sp³-hybridized carbons (Fsp3) is 0.571. The number of hydrogen-bond acceptors (Lipinski definition) is 4. The molecule has 0 saturated heterocycles. The van der Waals surface area contributed by atoms with Crippen LogP contribution in [0, 0.1) is 5.92 Å². The van der Waals surface area contributed by atoms with Gasteiger partial charge >= 0.3 is 0 Å². The monoisotopic (exact) mass is 310 g/mol. The lowest BCUT2D eigenvalue weighted by molar-refractivity contribution is 0.130. The number of alkyl halides is 1. The largest absolute Gasteiger partial charge is 0.310 e. The van der Waals surface area contributed by atoms with Gasteiger partial charge in [-0.05, 0) is 42.9 Å². The van der Waals surface area contributed by atoms with Crippen LogP contribution < -0.4 is 5.56 Å². The van der Waals surface area contributed by atoms with Gasteiger partial charge in [0.05, 0.1) is 9.60 Å². The van der Waals surface area contributed by atoms with E-state index >= 15 is 0 Å². The molecule has 0 aromatic carbocycles. The number of thiophene rings is 1. The Morgan fingerprint density at radius 1 is 1.40 bits per heavy atom. The summed E-state index contributed by atoms with van der Waals surface area (Å²) < 4.78 is 14.1. The van der Waals surface area contributed by atoms with Gasteiger partial charge < -0.3 is 4.98 Å². The predicted octanol–water partition coefficient (Wildman–Crippen LogP) is 3.31. The molecule has 3 nitrogen and oxygen atoms in total. The van der Waals surface area contributed by atoms with Gasteiger partial charge in [-0.3, -0.25) is 4.79 Å². The molecule has 0 atom stereocenters. The Bertz CT molecular complexity index is 718. The van der Waals surface area contributed by atoms with E-state index in [4.69, 9.17) is 0 Å². The third-order valence-corrected chi connectivity index (χ3v) is 6.66. The first-order valence-electron chi connectivity index (χ1n) is 7.02. The number of aromatic amines is 1. The van der Waals surface area contributed by atoms with E-state index in [1.165, 1.54) is 9.77 Å². The normalized spacial score (nSPS) is 25.4. The lowest BCUT2D eigenvalue weighted by Crippen LogP contribution is -2.28. The first kappa shape index (κ1) is 12.8. The van der Waals surface area contributed by atoms with Gasteiger partial charge in [0.2, 0.25) is 0 Å². The predicted molar refractivity (Wildman–Crippen MR) is 80.6 cm³/mol. The van der Waals surface area contributed by atoms with E-state index in [1.54, 1.807) is 11.3 Å². The number of hydrogen-bond donors (Lipinski definition) is 1. The van der Waals surface area contributed by atoms with Crippen molar-refractivity contribution in [3.8, 4) is 0 Å². The van der Waals surface area contributed by atoms with Crippen molar-refractivity contribution in [1.29, 1.82) is 0 Å². The van der Waals surface area contributed by atoms with Gasteiger partial charge in [0.25, 0.3) is 5.56 Å². The molecule has 2 aliphatic rings. The summed E-state index contributed by atoms with van der Waals surface area (Å²) in [5.74, 6) is 2.20. The van der Waals surface area contributed by atoms with Crippen LogP contribution >= 0.6 is 23.1 Å². The van der Waals surface area contributed by atoms with Crippen molar-refractivity contribution in [2.24, 2.45) is 5.92 Å². The number of nitrogens with zero attached hydrogens (tertiary/aromatic N) is 1. The van der Waals surface area contributed by atoms with Gasteiger partial charge in [0.15, 0.2) is 0 Å². The molecule has 20 heavy (non-hydrogen) atoms. The van der Waals surface area contributed by atoms with Gasteiger partial charge in [-0.1, -0.05) is 0 Å². The van der Waals surface area contributed by atoms with E-state index in [0.717, 1.165) is 34.6 Å². The van der Waals surface area contributed by atoms with Crippen molar-refractivity contribution in [3.63, 3.8) is 0 Å². The lowest BCUT2D eigenvalue weighted by atomic mass is 9.81. The molecule has 0 radical (unpaired) electrons. The molecule has 1 N–H and O–H groups in total. The van der Waals surface area contributed by atoms with Gasteiger partial charge in [0, 0.05) is 6.42 Å². The zero-order chi connectivity index (χ0) is 13.7. The number of aromatic nitrogens is 2. The molecule has 2 aromatic heterocycles. The number of H-pyrrole nitrogens is 1. The van der Waals surface area contributed by atoms with E-state index in [2.05, 4.69) is 9.97 Å². The summed E-state index contributed by atoms with van der Waals surface area (Å²) in [7, 11) is 0. The first-order valence-corrected chi connectivity index (χ1v) is 8.82. The second kappa shape index (κ2) is 4.84. The van der Waals surface area contributed by atoms with Crippen molar-refractivity contribution in [1.82, 2.24) is 9.97 Å². The third-order valence-electron chi connectivity index (χ3n) is 4.14. The van der Waals surface area contributed by atoms with Crippen molar-refractivity contribution in [2.75, 3.05) is 5.75 Å². The van der Waals surface area contributed by atoms with Gasteiger partial charge in [0.1, 0.15) is 16.8 Å². The van der Waals surface area contributed by atoms with Crippen LogP contribution in [0.25, 0.3) is 10.2 Å². The van der Waals surface area contributed by atoms with Crippen LogP contribution in [-0.2, 0) is 12.8 Å². The molecule has 106 valence electrons. The SMILES string of the molecule is O=c1[nH]c(CC2CC(F)C2)nc2sc3c(c12)CCCS3. The molecule has 1 aliphatic carbocycles. The highest BCUT2D eigenvalue weighted by molar-refractivity contribution is 8.01. The summed E-state index contributed by atoms with van der Waals surface area (Å²) in [5.41, 5.74) is 1.18. The van der Waals surface area contributed by atoms with Crippen LogP contribution in [0.1, 0.15) is 30.7 Å². The molecule has 1 fully saturated rings. The number of halogens is 1. The molecule has 1 aliphatic heterocycles. The van der Waals surface area contributed by atoms with Crippen LogP contribution in [0.15, 0.2) is 9.00 Å². The number of thioether (sulfide) groups is 1. The van der Waals surface area contributed by atoms with E-state index in [0.29, 0.717) is 25.2 Å². The highest BCUT2D eigenvalue weighted by Crippen LogP contribution is 2.40. The Kier molecular flexibility index (Phi) is 3.11. The Morgan fingerprint density at radius 3 is 3.05 bits per heavy atom. The van der Waals surface area contributed by atoms with Gasteiger partial charge in [-0.25, -0.2) is 9.37 Å². The second-order valence-electron chi connectivity index (χ2n) is 5.65. The van der Waals surface area contributed by atoms with Gasteiger partial charge in [-0.15, -0.1) is 23.1 Å². The molecule has 0 amide bonds. The average molecular weight is 310 g/mol. The minimum Gasteiger partial charge on any atom is -0.310 e. The van der Waals surface area contributed by atoms with E-state index < -0.39 is 6.17 Å². The molecular formula is C14H15FN2OS2. The summed E-state index contributed by atoms with van der Waals surface area (Å²) in [6.45, 7) is 0. The van der Waals surface area contributed by atoms with Crippen LogP contribution in [0.4, 0.5) is 4.39 Å². The topological polar surface area (TPSA) is 45.8 Å². The van der Waals surface area contributed by atoms with Crippen LogP contribution in [0.5, 0.6) is 0 Å². The molecule has 0 bridgehead atoms. The summed E-state index contributed by atoms with van der Waals surface area (Å²) in [6, 6.07) is 0. The Hall–Kier alpha value is -0.880. The summed E-state index contributed by atoms with van der Waals surface area (Å²) in [5, 5.41) is 0.790. The number of rotatable bonds is 2. The maximum atomic E-state index is 12.9. The molecule has 4 rings (SSSR count). The maximum Gasteiger partial charge on any atom is 0.259 e. The zero-order valence-corrected chi connectivity index (χ0v) is 12.6. The minimum absolute atomic E-state index is 0.0129. The molecule has 3 heterocycles. The lowest BCUT2D eigenvalue weighted by Gasteiger charge is -2.28. The fourth-order valence-electron chi connectivity index (χ4n) is 3.04. The number of aryl methyl sites for hydroxylation is 1. The zero-order valence-electron chi connectivity index (χ0n) is 10.9. The molecule has 0 unspecified atom stereocenters. The number of nitrogens with one attached hydrogen (secondary N) is 1. The first-order chi connectivity index (χ1) is 9.70. The quantitative estimate of drug-likeness (QED) is 0.925. The van der Waals surface area contributed by atoms with Crippen molar-refractivity contribution in [2.45, 2.75) is 42.5 Å². The highest BCUT2D eigenvalue weighted by Gasteiger charge is 2.30. The smallest absolute Gasteiger partial charge is 0.259 e. The molecular weight excluding hydrogens is 295 g/mol. The molecule has 2 aromatic rings. The Morgan fingerprint density at radius 2 is 2.25 bits per heavy atom. The third kappa shape index (κ3) is 2.09. The summed E-state index contributed by atoms with van der Waals surface area (Å²) in [4.78, 5) is 20.7. The van der Waals surface area contributed by atoms with Crippen LogP contribution in [0.3, 0.4) is 0 Å². The maximum absolute atomic E-state index is 12.9. The summed E-state index contributed by atoms with van der Waals surface area (Å²) >= 11 is 3.47. The van der Waals surface area contributed by atoms with E-state index in [1.807, 2.05) is 11.8 Å². The summed E-state index contributed by atoms with van der Waals surface area (Å²) in [6.07, 6.45) is 3.38. The van der Waals surface area contributed by atoms with E-state index in [-0.39, 0.29) is 5.56 Å². The number of fused-ring (bicyclic) bond motifs is 3.